The van der Waals surface area contributed by atoms with Crippen molar-refractivity contribution in [2.45, 2.75) is 6.42 Å². The summed E-state index contributed by atoms with van der Waals surface area (Å²) in [5, 5.41) is 15.0. The Morgan fingerprint density at radius 1 is 0.957 bits per heavy atom. The zero-order chi connectivity index (χ0) is 15.9. The summed E-state index contributed by atoms with van der Waals surface area (Å²) in [5.74, 6) is 1.13. The topological polar surface area (TPSA) is 62.7 Å². The third kappa shape index (κ3) is 4.66. The number of nitrogens with zero attached hydrogens (tertiary/aromatic N) is 3. The molecule has 0 unspecified atom stereocenters. The standard InChI is InChI=1S/C17H16ClN5/c18-14-6-8-15(9-7-14)21-16-12-20-23-17(22-16)19-11-10-13-4-2-1-3-5-13/h1-9,12H,10-11H2,(H2,19,21,22,23). The average Bonchev–Trinajstić information content (AvgIpc) is 2.58. The maximum Gasteiger partial charge on any atom is 0.244 e. The van der Waals surface area contributed by atoms with Crippen LogP contribution in [-0.2, 0) is 6.42 Å². The van der Waals surface area contributed by atoms with Crippen molar-refractivity contribution in [3.8, 4) is 0 Å². The molecule has 2 N–H and O–H groups in total. The number of nitrogens with one attached hydrogen (secondary N) is 2. The van der Waals surface area contributed by atoms with Crippen LogP contribution < -0.4 is 10.6 Å². The van der Waals surface area contributed by atoms with Gasteiger partial charge in [0.15, 0.2) is 5.82 Å². The number of hydrogen-bond donors (Lipinski definition) is 2. The summed E-state index contributed by atoms with van der Waals surface area (Å²) in [6.45, 7) is 0.746. The van der Waals surface area contributed by atoms with Gasteiger partial charge in [-0.2, -0.15) is 10.1 Å². The van der Waals surface area contributed by atoms with E-state index < -0.39 is 0 Å². The molecule has 0 saturated carbocycles. The summed E-state index contributed by atoms with van der Waals surface area (Å²) < 4.78 is 0. The molecule has 2 aromatic carbocycles. The Bertz CT molecular complexity index is 746. The minimum Gasteiger partial charge on any atom is -0.353 e. The van der Waals surface area contributed by atoms with Gasteiger partial charge in [-0.15, -0.1) is 5.10 Å². The Morgan fingerprint density at radius 3 is 2.52 bits per heavy atom. The molecule has 0 radical (unpaired) electrons. The first-order chi connectivity index (χ1) is 11.3. The summed E-state index contributed by atoms with van der Waals surface area (Å²) >= 11 is 5.87. The van der Waals surface area contributed by atoms with Crippen LogP contribution in [0, 0.1) is 0 Å². The molecule has 6 heteroatoms. The van der Waals surface area contributed by atoms with Gasteiger partial charge in [-0.1, -0.05) is 41.9 Å². The molecule has 0 atom stereocenters. The first kappa shape index (κ1) is 15.2. The molecular formula is C17H16ClN5. The Hall–Kier alpha value is -2.66. The van der Waals surface area contributed by atoms with E-state index in [1.54, 1.807) is 6.20 Å². The summed E-state index contributed by atoms with van der Waals surface area (Å²) in [5.41, 5.74) is 2.16. The predicted molar refractivity (Wildman–Crippen MR) is 93.2 cm³/mol. The van der Waals surface area contributed by atoms with Crippen LogP contribution in [-0.4, -0.2) is 21.7 Å². The van der Waals surface area contributed by atoms with Crippen molar-refractivity contribution in [2.75, 3.05) is 17.2 Å². The van der Waals surface area contributed by atoms with Gasteiger partial charge in [0.1, 0.15) is 0 Å². The molecule has 0 aliphatic carbocycles. The molecule has 116 valence electrons. The molecule has 0 spiro atoms. The van der Waals surface area contributed by atoms with Gasteiger partial charge in [0.05, 0.1) is 6.20 Å². The zero-order valence-corrected chi connectivity index (χ0v) is 13.2. The lowest BCUT2D eigenvalue weighted by Gasteiger charge is -2.08. The zero-order valence-electron chi connectivity index (χ0n) is 12.4. The highest BCUT2D eigenvalue weighted by Gasteiger charge is 2.01. The first-order valence-corrected chi connectivity index (χ1v) is 7.67. The van der Waals surface area contributed by atoms with Gasteiger partial charge in [-0.05, 0) is 36.2 Å². The lowest BCUT2D eigenvalue weighted by Crippen LogP contribution is -2.09. The number of halogens is 1. The molecular weight excluding hydrogens is 310 g/mol. The van der Waals surface area contributed by atoms with E-state index in [-0.39, 0.29) is 0 Å². The van der Waals surface area contributed by atoms with Crippen LogP contribution in [0.15, 0.2) is 60.8 Å². The average molecular weight is 326 g/mol. The van der Waals surface area contributed by atoms with Crippen LogP contribution in [0.25, 0.3) is 0 Å². The maximum absolute atomic E-state index is 5.87. The van der Waals surface area contributed by atoms with Crippen molar-refractivity contribution in [3.05, 3.63) is 71.4 Å². The van der Waals surface area contributed by atoms with E-state index >= 15 is 0 Å². The Morgan fingerprint density at radius 2 is 1.74 bits per heavy atom. The van der Waals surface area contributed by atoms with E-state index in [4.69, 9.17) is 11.6 Å². The molecule has 0 amide bonds. The predicted octanol–water partition coefficient (Wildman–Crippen LogP) is 3.92. The van der Waals surface area contributed by atoms with Crippen LogP contribution >= 0.6 is 11.6 Å². The van der Waals surface area contributed by atoms with Gasteiger partial charge in [0.2, 0.25) is 5.95 Å². The fourth-order valence-corrected chi connectivity index (χ4v) is 2.21. The van der Waals surface area contributed by atoms with Gasteiger partial charge < -0.3 is 10.6 Å². The molecule has 1 heterocycles. The molecule has 23 heavy (non-hydrogen) atoms. The summed E-state index contributed by atoms with van der Waals surface area (Å²) in [4.78, 5) is 4.39. The van der Waals surface area contributed by atoms with Crippen molar-refractivity contribution in [1.82, 2.24) is 15.2 Å². The second-order valence-corrected chi connectivity index (χ2v) is 5.40. The largest absolute Gasteiger partial charge is 0.353 e. The highest BCUT2D eigenvalue weighted by molar-refractivity contribution is 6.30. The second-order valence-electron chi connectivity index (χ2n) is 4.96. The van der Waals surface area contributed by atoms with E-state index in [9.17, 15) is 0 Å². The van der Waals surface area contributed by atoms with Crippen LogP contribution in [0.5, 0.6) is 0 Å². The second kappa shape index (κ2) is 7.56. The molecule has 3 rings (SSSR count). The van der Waals surface area contributed by atoms with Crippen LogP contribution in [0.2, 0.25) is 5.02 Å². The Kier molecular flexibility index (Phi) is 5.01. The molecule has 0 aliphatic heterocycles. The lowest BCUT2D eigenvalue weighted by molar-refractivity contribution is 0.929. The van der Waals surface area contributed by atoms with Crippen LogP contribution in [0.3, 0.4) is 0 Å². The van der Waals surface area contributed by atoms with Gasteiger partial charge in [0, 0.05) is 17.3 Å². The number of anilines is 3. The monoisotopic (exact) mass is 325 g/mol. The fourth-order valence-electron chi connectivity index (χ4n) is 2.08. The third-order valence-corrected chi connectivity index (χ3v) is 3.47. The molecule has 0 fully saturated rings. The van der Waals surface area contributed by atoms with Gasteiger partial charge >= 0.3 is 0 Å². The first-order valence-electron chi connectivity index (χ1n) is 7.30. The lowest BCUT2D eigenvalue weighted by atomic mass is 10.1. The SMILES string of the molecule is Clc1ccc(Nc2cnnc(NCCc3ccccc3)n2)cc1. The van der Waals surface area contributed by atoms with Gasteiger partial charge in [-0.25, -0.2) is 0 Å². The van der Waals surface area contributed by atoms with Crippen molar-refractivity contribution >= 4 is 29.1 Å². The normalized spacial score (nSPS) is 10.3. The number of aromatic nitrogens is 3. The van der Waals surface area contributed by atoms with Gasteiger partial charge in [-0.3, -0.25) is 0 Å². The number of hydrogen-bond acceptors (Lipinski definition) is 5. The van der Waals surface area contributed by atoms with E-state index in [2.05, 4.69) is 37.9 Å². The molecule has 5 nitrogen and oxygen atoms in total. The van der Waals surface area contributed by atoms with Crippen LogP contribution in [0.1, 0.15) is 5.56 Å². The highest BCUT2D eigenvalue weighted by atomic mass is 35.5. The third-order valence-electron chi connectivity index (χ3n) is 3.22. The van der Waals surface area contributed by atoms with Crippen molar-refractivity contribution in [2.24, 2.45) is 0 Å². The maximum atomic E-state index is 5.87. The quantitative estimate of drug-likeness (QED) is 0.719. The minimum atomic E-state index is 0.500. The molecule has 3 aromatic rings. The Labute approximate surface area is 139 Å². The number of rotatable bonds is 6. The molecule has 0 bridgehead atoms. The van der Waals surface area contributed by atoms with Crippen molar-refractivity contribution in [1.29, 1.82) is 0 Å². The van der Waals surface area contributed by atoms with Crippen molar-refractivity contribution in [3.63, 3.8) is 0 Å². The smallest absolute Gasteiger partial charge is 0.244 e. The molecule has 1 aromatic heterocycles. The molecule has 0 saturated heterocycles. The number of benzene rings is 2. The summed E-state index contributed by atoms with van der Waals surface area (Å²) in [6, 6.07) is 17.7. The Balaban J connectivity index is 1.57. The van der Waals surface area contributed by atoms with E-state index in [0.717, 1.165) is 18.7 Å². The minimum absolute atomic E-state index is 0.500. The van der Waals surface area contributed by atoms with E-state index in [1.165, 1.54) is 5.56 Å². The van der Waals surface area contributed by atoms with E-state index in [1.807, 2.05) is 42.5 Å². The van der Waals surface area contributed by atoms with Crippen LogP contribution in [0.4, 0.5) is 17.5 Å². The highest BCUT2D eigenvalue weighted by Crippen LogP contribution is 2.17. The summed E-state index contributed by atoms with van der Waals surface area (Å²) in [6.07, 6.45) is 2.48. The molecule has 0 aliphatic rings. The summed E-state index contributed by atoms with van der Waals surface area (Å²) in [7, 11) is 0. The van der Waals surface area contributed by atoms with Gasteiger partial charge in [0.25, 0.3) is 0 Å². The fraction of sp³-hybridized carbons (Fsp3) is 0.118. The van der Waals surface area contributed by atoms with Crippen molar-refractivity contribution < 1.29 is 0 Å². The van der Waals surface area contributed by atoms with E-state index in [0.29, 0.717) is 16.8 Å².